The SMILES string of the molecule is CCOC(=O)/C=C1\S[C@@H](C)C(=O)N1C. The van der Waals surface area contributed by atoms with Crippen LogP contribution in [0.15, 0.2) is 11.1 Å². The Kier molecular flexibility index (Phi) is 3.57. The van der Waals surface area contributed by atoms with Crippen LogP contribution in [-0.4, -0.2) is 35.7 Å². The van der Waals surface area contributed by atoms with Gasteiger partial charge in [-0.3, -0.25) is 4.79 Å². The molecule has 1 aliphatic rings. The van der Waals surface area contributed by atoms with Crippen molar-refractivity contribution in [2.24, 2.45) is 0 Å². The highest BCUT2D eigenvalue weighted by atomic mass is 32.2. The number of amides is 1. The Morgan fingerprint density at radius 2 is 2.36 bits per heavy atom. The quantitative estimate of drug-likeness (QED) is 0.509. The van der Waals surface area contributed by atoms with Crippen LogP contribution in [0.4, 0.5) is 0 Å². The van der Waals surface area contributed by atoms with E-state index in [2.05, 4.69) is 0 Å². The first-order chi connectivity index (χ1) is 6.56. The first-order valence-electron chi connectivity index (χ1n) is 4.39. The van der Waals surface area contributed by atoms with Gasteiger partial charge in [-0.2, -0.15) is 0 Å². The summed E-state index contributed by atoms with van der Waals surface area (Å²) in [5, 5.41) is 0.543. The molecule has 0 aliphatic carbocycles. The van der Waals surface area contributed by atoms with Crippen molar-refractivity contribution in [1.29, 1.82) is 0 Å². The molecule has 14 heavy (non-hydrogen) atoms. The molecular weight excluding hydrogens is 202 g/mol. The molecule has 0 N–H and O–H groups in total. The molecule has 1 amide bonds. The van der Waals surface area contributed by atoms with Crippen LogP contribution >= 0.6 is 11.8 Å². The van der Waals surface area contributed by atoms with E-state index in [-0.39, 0.29) is 11.2 Å². The number of esters is 1. The normalized spacial score (nSPS) is 24.5. The van der Waals surface area contributed by atoms with Crippen molar-refractivity contribution in [3.63, 3.8) is 0 Å². The molecule has 1 fully saturated rings. The molecule has 1 saturated heterocycles. The van der Waals surface area contributed by atoms with Crippen LogP contribution < -0.4 is 0 Å². The van der Waals surface area contributed by atoms with Gasteiger partial charge in [0.15, 0.2) is 0 Å². The molecule has 0 unspecified atom stereocenters. The molecule has 0 saturated carbocycles. The molecule has 0 aromatic carbocycles. The standard InChI is InChI=1S/C9H13NO3S/c1-4-13-8(11)5-7-10(3)9(12)6(2)14-7/h5-6H,4H2,1-3H3/b7-5-/t6-/m0/s1. The van der Waals surface area contributed by atoms with Crippen LogP contribution in [0, 0.1) is 0 Å². The van der Waals surface area contributed by atoms with E-state index in [0.29, 0.717) is 11.6 Å². The second-order valence-electron chi connectivity index (χ2n) is 2.89. The van der Waals surface area contributed by atoms with Crippen molar-refractivity contribution in [3.05, 3.63) is 11.1 Å². The number of carbonyl (C=O) groups excluding carboxylic acids is 2. The number of carbonyl (C=O) groups is 2. The minimum Gasteiger partial charge on any atom is -0.463 e. The minimum absolute atomic E-state index is 0.0190. The number of rotatable bonds is 2. The number of thioether (sulfide) groups is 1. The number of ether oxygens (including phenoxy) is 1. The van der Waals surface area contributed by atoms with Gasteiger partial charge in [0, 0.05) is 7.05 Å². The summed E-state index contributed by atoms with van der Waals surface area (Å²) in [7, 11) is 1.66. The van der Waals surface area contributed by atoms with Crippen molar-refractivity contribution in [3.8, 4) is 0 Å². The third-order valence-corrected chi connectivity index (χ3v) is 3.02. The summed E-state index contributed by atoms with van der Waals surface area (Å²) in [6.45, 7) is 3.91. The lowest BCUT2D eigenvalue weighted by Gasteiger charge is -2.08. The van der Waals surface area contributed by atoms with Crippen LogP contribution in [0.3, 0.4) is 0 Å². The van der Waals surface area contributed by atoms with Crippen molar-refractivity contribution in [1.82, 2.24) is 4.90 Å². The van der Waals surface area contributed by atoms with Gasteiger partial charge in [0.05, 0.1) is 23.0 Å². The molecule has 1 atom stereocenters. The molecule has 0 spiro atoms. The highest BCUT2D eigenvalue weighted by Crippen LogP contribution is 2.33. The van der Waals surface area contributed by atoms with Gasteiger partial charge in [0.25, 0.3) is 0 Å². The number of hydrogen-bond acceptors (Lipinski definition) is 4. The summed E-state index contributed by atoms with van der Waals surface area (Å²) >= 11 is 1.37. The Hall–Kier alpha value is -0.970. The summed E-state index contributed by atoms with van der Waals surface area (Å²) in [6.07, 6.45) is 1.36. The molecule has 1 rings (SSSR count). The van der Waals surface area contributed by atoms with Gasteiger partial charge in [-0.25, -0.2) is 4.79 Å². The van der Waals surface area contributed by atoms with Crippen LogP contribution in [0.1, 0.15) is 13.8 Å². The fourth-order valence-electron chi connectivity index (χ4n) is 1.11. The van der Waals surface area contributed by atoms with Crippen molar-refractivity contribution in [2.45, 2.75) is 19.1 Å². The van der Waals surface area contributed by atoms with Crippen LogP contribution in [0.5, 0.6) is 0 Å². The Morgan fingerprint density at radius 1 is 1.71 bits per heavy atom. The van der Waals surface area contributed by atoms with Crippen molar-refractivity contribution >= 4 is 23.6 Å². The molecule has 0 radical (unpaired) electrons. The first kappa shape index (κ1) is 11.1. The molecule has 0 aromatic heterocycles. The zero-order valence-electron chi connectivity index (χ0n) is 8.44. The number of hydrogen-bond donors (Lipinski definition) is 0. The van der Waals surface area contributed by atoms with Crippen LogP contribution in [0.2, 0.25) is 0 Å². The average molecular weight is 215 g/mol. The summed E-state index contributed by atoms with van der Waals surface area (Å²) < 4.78 is 4.76. The van der Waals surface area contributed by atoms with E-state index in [1.54, 1.807) is 14.0 Å². The first-order valence-corrected chi connectivity index (χ1v) is 5.27. The zero-order valence-corrected chi connectivity index (χ0v) is 9.26. The Balaban J connectivity index is 2.70. The fraction of sp³-hybridized carbons (Fsp3) is 0.556. The summed E-state index contributed by atoms with van der Waals surface area (Å²) in [5.41, 5.74) is 0. The smallest absolute Gasteiger partial charge is 0.333 e. The zero-order chi connectivity index (χ0) is 10.7. The van der Waals surface area contributed by atoms with E-state index < -0.39 is 5.97 Å². The maximum Gasteiger partial charge on any atom is 0.333 e. The second-order valence-corrected chi connectivity index (χ2v) is 4.25. The molecule has 5 heteroatoms. The Labute approximate surface area is 87.3 Å². The van der Waals surface area contributed by atoms with E-state index in [9.17, 15) is 9.59 Å². The topological polar surface area (TPSA) is 46.6 Å². The third kappa shape index (κ3) is 2.29. The van der Waals surface area contributed by atoms with Gasteiger partial charge in [-0.05, 0) is 13.8 Å². The van der Waals surface area contributed by atoms with Gasteiger partial charge >= 0.3 is 5.97 Å². The maximum absolute atomic E-state index is 11.4. The summed E-state index contributed by atoms with van der Waals surface area (Å²) in [5.74, 6) is -0.380. The van der Waals surface area contributed by atoms with Gasteiger partial charge < -0.3 is 9.64 Å². The third-order valence-electron chi connectivity index (χ3n) is 1.83. The van der Waals surface area contributed by atoms with E-state index in [1.165, 1.54) is 22.7 Å². The summed E-state index contributed by atoms with van der Waals surface area (Å²) in [4.78, 5) is 24.0. The number of nitrogens with zero attached hydrogens (tertiary/aromatic N) is 1. The predicted molar refractivity (Wildman–Crippen MR) is 54.5 cm³/mol. The molecule has 1 heterocycles. The van der Waals surface area contributed by atoms with Crippen molar-refractivity contribution in [2.75, 3.05) is 13.7 Å². The Bertz CT molecular complexity index is 288. The fourth-order valence-corrected chi connectivity index (χ4v) is 2.14. The molecule has 0 bridgehead atoms. The van der Waals surface area contributed by atoms with Gasteiger partial charge in [-0.1, -0.05) is 11.8 Å². The maximum atomic E-state index is 11.4. The van der Waals surface area contributed by atoms with Crippen molar-refractivity contribution < 1.29 is 14.3 Å². The van der Waals surface area contributed by atoms with E-state index in [4.69, 9.17) is 4.74 Å². The lowest BCUT2D eigenvalue weighted by molar-refractivity contribution is -0.137. The van der Waals surface area contributed by atoms with Crippen LogP contribution in [-0.2, 0) is 14.3 Å². The van der Waals surface area contributed by atoms with E-state index in [0.717, 1.165) is 0 Å². The second kappa shape index (κ2) is 4.50. The van der Waals surface area contributed by atoms with Gasteiger partial charge in [0.1, 0.15) is 0 Å². The van der Waals surface area contributed by atoms with Gasteiger partial charge in [0.2, 0.25) is 5.91 Å². The minimum atomic E-state index is -0.399. The highest BCUT2D eigenvalue weighted by molar-refractivity contribution is 8.04. The van der Waals surface area contributed by atoms with E-state index >= 15 is 0 Å². The molecule has 1 aliphatic heterocycles. The monoisotopic (exact) mass is 215 g/mol. The molecule has 0 aromatic rings. The predicted octanol–water partition coefficient (Wildman–Crippen LogP) is 0.985. The largest absolute Gasteiger partial charge is 0.463 e. The average Bonchev–Trinajstić information content (AvgIpc) is 2.34. The highest BCUT2D eigenvalue weighted by Gasteiger charge is 2.31. The van der Waals surface area contributed by atoms with Crippen LogP contribution in [0.25, 0.3) is 0 Å². The molecule has 4 nitrogen and oxygen atoms in total. The van der Waals surface area contributed by atoms with Gasteiger partial charge in [-0.15, -0.1) is 0 Å². The molecular formula is C9H13NO3S. The van der Waals surface area contributed by atoms with E-state index in [1.807, 2.05) is 6.92 Å². The summed E-state index contributed by atoms with van der Waals surface area (Å²) in [6, 6.07) is 0. The molecule has 78 valence electrons. The lowest BCUT2D eigenvalue weighted by Crippen LogP contribution is -2.23. The lowest BCUT2D eigenvalue weighted by atomic mass is 10.4. The Morgan fingerprint density at radius 3 is 2.79 bits per heavy atom.